The van der Waals surface area contributed by atoms with Crippen LogP contribution in [0.4, 0.5) is 0 Å². The van der Waals surface area contributed by atoms with E-state index in [4.69, 9.17) is 4.74 Å². The van der Waals surface area contributed by atoms with Crippen LogP contribution in [0.5, 0.6) is 0 Å². The van der Waals surface area contributed by atoms with Crippen molar-refractivity contribution in [3.05, 3.63) is 12.2 Å². The molecule has 1 aliphatic heterocycles. The summed E-state index contributed by atoms with van der Waals surface area (Å²) in [6.45, 7) is 4.08. The first kappa shape index (κ1) is 11.2. The number of nitrogens with one attached hydrogen (secondary N) is 1. The summed E-state index contributed by atoms with van der Waals surface area (Å²) in [5.74, 6) is 0.129. The van der Waals surface area contributed by atoms with Crippen molar-refractivity contribution in [2.75, 3.05) is 39.9 Å². The second-order valence-electron chi connectivity index (χ2n) is 3.28. The highest BCUT2D eigenvalue weighted by molar-refractivity contribution is 5.88. The normalized spacial score (nSPS) is 15.9. The third kappa shape index (κ3) is 3.89. The van der Waals surface area contributed by atoms with Crippen LogP contribution in [0.15, 0.2) is 12.2 Å². The van der Waals surface area contributed by atoms with Crippen LogP contribution < -0.4 is 5.32 Å². The minimum Gasteiger partial charge on any atom is -0.383 e. The molecule has 1 saturated heterocycles. The number of likely N-dealkylation sites (tertiary alicyclic amines) is 1. The minimum absolute atomic E-state index is 0.129. The Morgan fingerprint density at radius 3 is 2.93 bits per heavy atom. The van der Waals surface area contributed by atoms with Gasteiger partial charge in [0.05, 0.1) is 6.61 Å². The average Bonchev–Trinajstić information content (AvgIpc) is 2.08. The summed E-state index contributed by atoms with van der Waals surface area (Å²) in [7, 11) is 1.67. The molecule has 0 spiro atoms. The van der Waals surface area contributed by atoms with Crippen molar-refractivity contribution < 1.29 is 9.53 Å². The Kier molecular flexibility index (Phi) is 5.25. The van der Waals surface area contributed by atoms with Gasteiger partial charge in [-0.1, -0.05) is 6.08 Å². The van der Waals surface area contributed by atoms with E-state index in [1.165, 1.54) is 0 Å². The van der Waals surface area contributed by atoms with Crippen LogP contribution in [-0.2, 0) is 9.53 Å². The van der Waals surface area contributed by atoms with E-state index in [1.807, 2.05) is 11.0 Å². The average molecular weight is 198 g/mol. The molecule has 14 heavy (non-hydrogen) atoms. The minimum atomic E-state index is 0.129. The summed E-state index contributed by atoms with van der Waals surface area (Å²) in [5.41, 5.74) is 0. The number of methoxy groups -OCH3 is 1. The summed E-state index contributed by atoms with van der Waals surface area (Å²) in [6.07, 6.45) is 4.64. The zero-order valence-electron chi connectivity index (χ0n) is 8.66. The second kappa shape index (κ2) is 6.56. The van der Waals surface area contributed by atoms with E-state index in [0.717, 1.165) is 32.6 Å². The van der Waals surface area contributed by atoms with Gasteiger partial charge >= 0.3 is 0 Å². The van der Waals surface area contributed by atoms with Crippen LogP contribution in [0.2, 0.25) is 0 Å². The molecule has 1 amide bonds. The number of carbonyl (C=O) groups is 1. The summed E-state index contributed by atoms with van der Waals surface area (Å²) < 4.78 is 4.87. The molecule has 1 heterocycles. The van der Waals surface area contributed by atoms with Gasteiger partial charge in [-0.3, -0.25) is 4.79 Å². The van der Waals surface area contributed by atoms with E-state index in [2.05, 4.69) is 5.32 Å². The van der Waals surface area contributed by atoms with E-state index >= 15 is 0 Å². The lowest BCUT2D eigenvalue weighted by Crippen LogP contribution is -2.41. The van der Waals surface area contributed by atoms with Crippen molar-refractivity contribution >= 4 is 5.91 Å². The summed E-state index contributed by atoms with van der Waals surface area (Å²) >= 11 is 0. The van der Waals surface area contributed by atoms with Crippen LogP contribution in [0.25, 0.3) is 0 Å². The van der Waals surface area contributed by atoms with Gasteiger partial charge in [0.2, 0.25) is 5.91 Å². The molecule has 0 atom stereocenters. The number of amides is 1. The summed E-state index contributed by atoms with van der Waals surface area (Å²) in [6, 6.07) is 0. The van der Waals surface area contributed by atoms with Crippen LogP contribution >= 0.6 is 0 Å². The maximum absolute atomic E-state index is 11.3. The van der Waals surface area contributed by atoms with E-state index in [9.17, 15) is 4.79 Å². The van der Waals surface area contributed by atoms with Crippen LogP contribution in [0, 0.1) is 0 Å². The van der Waals surface area contributed by atoms with E-state index < -0.39 is 0 Å². The highest BCUT2D eigenvalue weighted by Crippen LogP contribution is 2.05. The molecular weight excluding hydrogens is 180 g/mol. The summed E-state index contributed by atoms with van der Waals surface area (Å²) in [5, 5.41) is 3.13. The zero-order chi connectivity index (χ0) is 10.2. The van der Waals surface area contributed by atoms with Crippen molar-refractivity contribution in [2.45, 2.75) is 6.42 Å². The first-order chi connectivity index (χ1) is 6.84. The third-order valence-electron chi connectivity index (χ3n) is 2.17. The Bertz CT molecular complexity index is 200. The van der Waals surface area contributed by atoms with Gasteiger partial charge in [-0.15, -0.1) is 0 Å². The maximum atomic E-state index is 11.3. The number of hydrogen-bond donors (Lipinski definition) is 1. The first-order valence-corrected chi connectivity index (χ1v) is 4.99. The molecule has 1 aliphatic rings. The molecule has 0 aromatic heterocycles. The van der Waals surface area contributed by atoms with Crippen molar-refractivity contribution in [3.8, 4) is 0 Å². The van der Waals surface area contributed by atoms with Gasteiger partial charge < -0.3 is 15.0 Å². The Morgan fingerprint density at radius 1 is 1.57 bits per heavy atom. The molecule has 0 unspecified atom stereocenters. The van der Waals surface area contributed by atoms with Crippen molar-refractivity contribution in [1.82, 2.24) is 10.2 Å². The quantitative estimate of drug-likeness (QED) is 0.483. The number of carbonyl (C=O) groups excluding carboxylic acids is 1. The molecule has 4 heteroatoms. The molecule has 0 aromatic carbocycles. The number of ether oxygens (including phenoxy) is 1. The van der Waals surface area contributed by atoms with Crippen molar-refractivity contribution in [1.29, 1.82) is 0 Å². The number of nitrogens with zero attached hydrogens (tertiary/aromatic N) is 1. The Morgan fingerprint density at radius 2 is 2.36 bits per heavy atom. The van der Waals surface area contributed by atoms with E-state index in [1.54, 1.807) is 13.2 Å². The van der Waals surface area contributed by atoms with Gasteiger partial charge in [-0.05, 0) is 6.42 Å². The fourth-order valence-electron chi connectivity index (χ4n) is 1.16. The number of rotatable bonds is 6. The predicted octanol–water partition coefficient (Wildman–Crippen LogP) is 0.0109. The van der Waals surface area contributed by atoms with Gasteiger partial charge in [0.15, 0.2) is 0 Å². The molecule has 0 aliphatic carbocycles. The third-order valence-corrected chi connectivity index (χ3v) is 2.17. The predicted molar refractivity (Wildman–Crippen MR) is 55.1 cm³/mol. The molecule has 0 bridgehead atoms. The molecule has 0 saturated carbocycles. The lowest BCUT2D eigenvalue weighted by molar-refractivity contribution is -0.129. The van der Waals surface area contributed by atoms with Gasteiger partial charge in [0.1, 0.15) is 0 Å². The standard InChI is InChI=1S/C10H18N2O2/c1-14-9-6-11-5-2-4-10(13)12-7-3-8-12/h2,4,11H,3,5-9H2,1H3/b4-2+. The van der Waals surface area contributed by atoms with Crippen LogP contribution in [0.3, 0.4) is 0 Å². The Labute approximate surface area is 84.9 Å². The summed E-state index contributed by atoms with van der Waals surface area (Å²) in [4.78, 5) is 13.1. The Hall–Kier alpha value is -0.870. The topological polar surface area (TPSA) is 41.6 Å². The van der Waals surface area contributed by atoms with Gasteiger partial charge in [-0.25, -0.2) is 0 Å². The molecule has 1 rings (SSSR count). The first-order valence-electron chi connectivity index (χ1n) is 4.99. The zero-order valence-corrected chi connectivity index (χ0v) is 8.66. The monoisotopic (exact) mass is 198 g/mol. The molecule has 0 aromatic rings. The molecule has 1 fully saturated rings. The Balaban J connectivity index is 1.99. The van der Waals surface area contributed by atoms with Gasteiger partial charge in [0, 0.05) is 39.4 Å². The smallest absolute Gasteiger partial charge is 0.246 e. The maximum Gasteiger partial charge on any atom is 0.246 e. The molecule has 4 nitrogen and oxygen atoms in total. The fourth-order valence-corrected chi connectivity index (χ4v) is 1.16. The van der Waals surface area contributed by atoms with Gasteiger partial charge in [-0.2, -0.15) is 0 Å². The lowest BCUT2D eigenvalue weighted by Gasteiger charge is -2.29. The van der Waals surface area contributed by atoms with Gasteiger partial charge in [0.25, 0.3) is 0 Å². The largest absolute Gasteiger partial charge is 0.383 e. The molecule has 0 radical (unpaired) electrons. The second-order valence-corrected chi connectivity index (χ2v) is 3.28. The molecular formula is C10H18N2O2. The fraction of sp³-hybridized carbons (Fsp3) is 0.700. The highest BCUT2D eigenvalue weighted by atomic mass is 16.5. The van der Waals surface area contributed by atoms with E-state index in [0.29, 0.717) is 6.61 Å². The lowest BCUT2D eigenvalue weighted by atomic mass is 10.2. The van der Waals surface area contributed by atoms with Crippen molar-refractivity contribution in [2.24, 2.45) is 0 Å². The van der Waals surface area contributed by atoms with Crippen LogP contribution in [0.1, 0.15) is 6.42 Å². The highest BCUT2D eigenvalue weighted by Gasteiger charge is 2.16. The van der Waals surface area contributed by atoms with Crippen LogP contribution in [-0.4, -0.2) is 50.7 Å². The van der Waals surface area contributed by atoms with E-state index in [-0.39, 0.29) is 5.91 Å². The number of hydrogen-bond acceptors (Lipinski definition) is 3. The van der Waals surface area contributed by atoms with Crippen molar-refractivity contribution in [3.63, 3.8) is 0 Å². The SMILES string of the molecule is COCCNC/C=C/C(=O)N1CCC1. The molecule has 1 N–H and O–H groups in total. The molecule has 80 valence electrons.